The van der Waals surface area contributed by atoms with Gasteiger partial charge in [-0.15, -0.1) is 0 Å². The van der Waals surface area contributed by atoms with Crippen molar-refractivity contribution < 1.29 is 14.3 Å². The predicted octanol–water partition coefficient (Wildman–Crippen LogP) is 4.48. The van der Waals surface area contributed by atoms with Crippen LogP contribution in [0.25, 0.3) is 0 Å². The fourth-order valence-corrected chi connectivity index (χ4v) is 2.74. The quantitative estimate of drug-likeness (QED) is 0.595. The van der Waals surface area contributed by atoms with Crippen molar-refractivity contribution in [1.29, 1.82) is 5.26 Å². The van der Waals surface area contributed by atoms with Gasteiger partial charge in [0.05, 0.1) is 18.7 Å². The molecule has 0 atom stereocenters. The Labute approximate surface area is 165 Å². The Bertz CT molecular complexity index is 843. The molecule has 6 nitrogen and oxygen atoms in total. The van der Waals surface area contributed by atoms with Gasteiger partial charge >= 0.3 is 0 Å². The van der Waals surface area contributed by atoms with Crippen molar-refractivity contribution in [2.75, 3.05) is 17.7 Å². The second-order valence-corrected chi connectivity index (χ2v) is 6.44. The molecule has 0 aromatic heterocycles. The Kier molecular flexibility index (Phi) is 8.54. The number of anilines is 2. The molecule has 2 aromatic rings. The lowest BCUT2D eigenvalue weighted by Crippen LogP contribution is -2.12. The Hall–Kier alpha value is -3.33. The molecule has 2 aromatic carbocycles. The smallest absolute Gasteiger partial charge is 0.224 e. The van der Waals surface area contributed by atoms with Gasteiger partial charge in [-0.3, -0.25) is 9.59 Å². The van der Waals surface area contributed by atoms with E-state index in [1.54, 1.807) is 37.4 Å². The zero-order valence-corrected chi connectivity index (χ0v) is 16.0. The van der Waals surface area contributed by atoms with E-state index in [2.05, 4.69) is 10.6 Å². The molecule has 146 valence electrons. The van der Waals surface area contributed by atoms with Crippen molar-refractivity contribution in [2.45, 2.75) is 38.5 Å². The molecule has 0 aliphatic heterocycles. The number of nitrogens with one attached hydrogen (secondary N) is 2. The lowest BCUT2D eigenvalue weighted by Gasteiger charge is -2.07. The van der Waals surface area contributed by atoms with Crippen LogP contribution in [-0.2, 0) is 9.59 Å². The molecular weight excluding hydrogens is 354 g/mol. The Morgan fingerprint density at radius 1 is 0.893 bits per heavy atom. The number of hydrogen-bond acceptors (Lipinski definition) is 4. The number of carbonyl (C=O) groups is 2. The van der Waals surface area contributed by atoms with Gasteiger partial charge in [-0.1, -0.05) is 25.0 Å². The summed E-state index contributed by atoms with van der Waals surface area (Å²) in [5.41, 5.74) is 1.88. The van der Waals surface area contributed by atoms with E-state index in [4.69, 9.17) is 10.00 Å². The summed E-state index contributed by atoms with van der Waals surface area (Å²) < 4.78 is 5.13. The summed E-state index contributed by atoms with van der Waals surface area (Å²) in [5, 5.41) is 14.5. The molecule has 0 radical (unpaired) electrons. The van der Waals surface area contributed by atoms with E-state index in [1.165, 1.54) is 0 Å². The van der Waals surface area contributed by atoms with Crippen LogP contribution in [0, 0.1) is 11.3 Å². The van der Waals surface area contributed by atoms with Crippen LogP contribution in [-0.4, -0.2) is 18.9 Å². The van der Waals surface area contributed by atoms with Crippen LogP contribution >= 0.6 is 0 Å². The van der Waals surface area contributed by atoms with Gasteiger partial charge in [-0.2, -0.15) is 5.26 Å². The zero-order chi connectivity index (χ0) is 20.2. The van der Waals surface area contributed by atoms with Gasteiger partial charge in [0.25, 0.3) is 0 Å². The molecule has 0 saturated carbocycles. The molecule has 2 N–H and O–H groups in total. The number of amides is 2. The topological polar surface area (TPSA) is 91.2 Å². The third-order valence-corrected chi connectivity index (χ3v) is 4.19. The number of ether oxygens (including phenoxy) is 1. The van der Waals surface area contributed by atoms with E-state index in [1.807, 2.05) is 24.3 Å². The molecule has 2 rings (SSSR count). The second-order valence-electron chi connectivity index (χ2n) is 6.44. The molecule has 0 saturated heterocycles. The van der Waals surface area contributed by atoms with Crippen LogP contribution in [0.1, 0.15) is 44.1 Å². The first-order valence-electron chi connectivity index (χ1n) is 9.34. The summed E-state index contributed by atoms with van der Waals surface area (Å²) in [6.45, 7) is 0. The van der Waals surface area contributed by atoms with E-state index in [9.17, 15) is 9.59 Å². The highest BCUT2D eigenvalue weighted by molar-refractivity contribution is 5.91. The van der Waals surface area contributed by atoms with Crippen LogP contribution in [0.2, 0.25) is 0 Å². The Morgan fingerprint density at radius 3 is 2.04 bits per heavy atom. The number of methoxy groups -OCH3 is 1. The molecule has 0 aliphatic rings. The molecular formula is C22H25N3O3. The minimum atomic E-state index is -0.0640. The number of benzene rings is 2. The molecule has 0 spiro atoms. The molecule has 0 fully saturated rings. The minimum absolute atomic E-state index is 0.0247. The van der Waals surface area contributed by atoms with E-state index in [0.29, 0.717) is 29.8 Å². The summed E-state index contributed by atoms with van der Waals surface area (Å²) in [6, 6.07) is 16.2. The molecule has 2 amide bonds. The van der Waals surface area contributed by atoms with Gasteiger partial charge in [0.2, 0.25) is 11.8 Å². The first-order chi connectivity index (χ1) is 13.6. The van der Waals surface area contributed by atoms with Gasteiger partial charge in [0, 0.05) is 30.3 Å². The minimum Gasteiger partial charge on any atom is -0.497 e. The number of nitrogens with zero attached hydrogens (tertiary/aromatic N) is 1. The average molecular weight is 379 g/mol. The number of nitriles is 1. The maximum Gasteiger partial charge on any atom is 0.224 e. The lowest BCUT2D eigenvalue weighted by molar-refractivity contribution is -0.117. The van der Waals surface area contributed by atoms with Crippen LogP contribution in [0.3, 0.4) is 0 Å². The molecule has 0 aliphatic carbocycles. The summed E-state index contributed by atoms with van der Waals surface area (Å²) in [5.74, 6) is 0.615. The summed E-state index contributed by atoms with van der Waals surface area (Å²) in [6.07, 6.45) is 4.20. The third kappa shape index (κ3) is 7.50. The molecule has 6 heteroatoms. The van der Waals surface area contributed by atoms with Gasteiger partial charge in [0.15, 0.2) is 0 Å². The number of carbonyl (C=O) groups excluding carboxylic acids is 2. The highest BCUT2D eigenvalue weighted by Crippen LogP contribution is 2.17. The first kappa shape index (κ1) is 21.0. The standard InChI is InChI=1S/C22H25N3O3/c1-28-20-11-7-10-19(15-20)25-22(27)13-5-3-2-4-12-21(26)24-18-9-6-8-17(14-18)16-23/h6-11,14-15H,2-5,12-13H2,1H3,(H,24,26)(H,25,27). The van der Waals surface area contributed by atoms with Crippen molar-refractivity contribution in [3.05, 3.63) is 54.1 Å². The second kappa shape index (κ2) is 11.4. The molecule has 0 heterocycles. The highest BCUT2D eigenvalue weighted by atomic mass is 16.5. The maximum absolute atomic E-state index is 12.0. The van der Waals surface area contributed by atoms with Crippen LogP contribution in [0.4, 0.5) is 11.4 Å². The van der Waals surface area contributed by atoms with Crippen molar-refractivity contribution >= 4 is 23.2 Å². The van der Waals surface area contributed by atoms with Crippen molar-refractivity contribution in [3.63, 3.8) is 0 Å². The summed E-state index contributed by atoms with van der Waals surface area (Å²) >= 11 is 0. The van der Waals surface area contributed by atoms with Gasteiger partial charge in [0.1, 0.15) is 5.75 Å². The van der Waals surface area contributed by atoms with Crippen molar-refractivity contribution in [1.82, 2.24) is 0 Å². The number of hydrogen-bond donors (Lipinski definition) is 2. The third-order valence-electron chi connectivity index (χ3n) is 4.19. The van der Waals surface area contributed by atoms with Crippen LogP contribution in [0.5, 0.6) is 5.75 Å². The SMILES string of the molecule is COc1cccc(NC(=O)CCCCCCC(=O)Nc2cccc(C#N)c2)c1. The van der Waals surface area contributed by atoms with Crippen molar-refractivity contribution in [3.8, 4) is 11.8 Å². The van der Waals surface area contributed by atoms with Gasteiger partial charge in [-0.05, 0) is 43.2 Å². The van der Waals surface area contributed by atoms with Crippen LogP contribution < -0.4 is 15.4 Å². The molecule has 0 unspecified atom stereocenters. The maximum atomic E-state index is 12.0. The fraction of sp³-hybridized carbons (Fsp3) is 0.318. The van der Waals surface area contributed by atoms with E-state index >= 15 is 0 Å². The van der Waals surface area contributed by atoms with E-state index in [-0.39, 0.29) is 11.8 Å². The lowest BCUT2D eigenvalue weighted by atomic mass is 10.1. The van der Waals surface area contributed by atoms with E-state index < -0.39 is 0 Å². The van der Waals surface area contributed by atoms with Crippen molar-refractivity contribution in [2.24, 2.45) is 0 Å². The summed E-state index contributed by atoms with van der Waals surface area (Å²) in [4.78, 5) is 23.9. The average Bonchev–Trinajstić information content (AvgIpc) is 2.70. The first-order valence-corrected chi connectivity index (χ1v) is 9.34. The highest BCUT2D eigenvalue weighted by Gasteiger charge is 2.05. The number of rotatable bonds is 10. The monoisotopic (exact) mass is 379 g/mol. The molecule has 0 bridgehead atoms. The zero-order valence-electron chi connectivity index (χ0n) is 16.0. The number of unbranched alkanes of at least 4 members (excludes halogenated alkanes) is 3. The van der Waals surface area contributed by atoms with Gasteiger partial charge < -0.3 is 15.4 Å². The largest absolute Gasteiger partial charge is 0.497 e. The Balaban J connectivity index is 1.57. The fourth-order valence-electron chi connectivity index (χ4n) is 2.74. The van der Waals surface area contributed by atoms with E-state index in [0.717, 1.165) is 31.4 Å². The van der Waals surface area contributed by atoms with Crippen LogP contribution in [0.15, 0.2) is 48.5 Å². The predicted molar refractivity (Wildman–Crippen MR) is 109 cm³/mol. The van der Waals surface area contributed by atoms with Gasteiger partial charge in [-0.25, -0.2) is 0 Å². The molecule has 28 heavy (non-hydrogen) atoms. The Morgan fingerprint density at radius 2 is 1.46 bits per heavy atom. The normalized spacial score (nSPS) is 10.0. The summed E-state index contributed by atoms with van der Waals surface area (Å²) in [7, 11) is 1.59.